The molecule has 0 saturated carbocycles. The number of halogens is 1. The van der Waals surface area contributed by atoms with Crippen LogP contribution in [-0.4, -0.2) is 33.7 Å². The minimum Gasteiger partial charge on any atom is -0.480 e. The van der Waals surface area contributed by atoms with Gasteiger partial charge in [0.2, 0.25) is 5.91 Å². The Balaban J connectivity index is 2.88. The van der Waals surface area contributed by atoms with Crippen molar-refractivity contribution < 1.29 is 19.6 Å². The molecule has 0 saturated heterocycles. The van der Waals surface area contributed by atoms with Crippen LogP contribution < -0.4 is 5.32 Å². The quantitative estimate of drug-likeness (QED) is 0.469. The molecule has 0 spiro atoms. The van der Waals surface area contributed by atoms with Crippen LogP contribution in [0.2, 0.25) is 5.02 Å². The fraction of sp³-hybridized carbons (Fsp3) is 0.333. The second-order valence-electron chi connectivity index (χ2n) is 4.23. The molecule has 1 amide bonds. The predicted octanol–water partition coefficient (Wildman–Crippen LogP) is 2.24. The first-order valence-corrected chi connectivity index (χ1v) is 7.16. The Morgan fingerprint density at radius 1 is 1.52 bits per heavy atom. The zero-order valence-corrected chi connectivity index (χ0v) is 12.8. The van der Waals surface area contributed by atoms with Crippen molar-refractivity contribution >= 4 is 40.9 Å². The maximum atomic E-state index is 11.0. The Labute approximate surface area is 129 Å². The van der Waals surface area contributed by atoms with Crippen LogP contribution in [0, 0.1) is 17.0 Å². The number of hydrogen-bond donors (Lipinski definition) is 2. The molecule has 114 valence electrons. The molecule has 0 heterocycles. The number of carboxylic acid groups (broad SMARTS) is 1. The molecule has 21 heavy (non-hydrogen) atoms. The zero-order valence-electron chi connectivity index (χ0n) is 11.3. The summed E-state index contributed by atoms with van der Waals surface area (Å²) in [7, 11) is 0. The maximum Gasteiger partial charge on any atom is 0.327 e. The van der Waals surface area contributed by atoms with Gasteiger partial charge in [0.25, 0.3) is 5.69 Å². The van der Waals surface area contributed by atoms with Crippen molar-refractivity contribution in [2.75, 3.05) is 5.75 Å². The van der Waals surface area contributed by atoms with Crippen LogP contribution in [0.25, 0.3) is 0 Å². The van der Waals surface area contributed by atoms with Gasteiger partial charge in [0.1, 0.15) is 11.1 Å². The third-order valence-electron chi connectivity index (χ3n) is 2.52. The van der Waals surface area contributed by atoms with E-state index in [0.29, 0.717) is 10.5 Å². The van der Waals surface area contributed by atoms with Crippen LogP contribution in [0.15, 0.2) is 17.0 Å². The standard InChI is InChI=1S/C12H13ClN2O5S/c1-6-3-10(15(19)20)8(13)4-11(6)21-5-9(12(17)18)14-7(2)16/h3-4,9H,5H2,1-2H3,(H,14,16)(H,17,18). The van der Waals surface area contributed by atoms with Gasteiger partial charge in [0, 0.05) is 23.6 Å². The highest BCUT2D eigenvalue weighted by Crippen LogP contribution is 2.33. The number of nitro groups is 1. The average molecular weight is 333 g/mol. The molecule has 1 aromatic rings. The fourth-order valence-corrected chi connectivity index (χ4v) is 2.89. The number of hydrogen-bond acceptors (Lipinski definition) is 5. The molecule has 7 nitrogen and oxygen atoms in total. The lowest BCUT2D eigenvalue weighted by molar-refractivity contribution is -0.384. The van der Waals surface area contributed by atoms with Crippen LogP contribution in [0.1, 0.15) is 12.5 Å². The van der Waals surface area contributed by atoms with Gasteiger partial charge in [-0.15, -0.1) is 11.8 Å². The molecule has 0 aliphatic heterocycles. The van der Waals surface area contributed by atoms with E-state index in [0.717, 1.165) is 11.8 Å². The van der Waals surface area contributed by atoms with E-state index in [1.165, 1.54) is 19.1 Å². The molecule has 0 aliphatic rings. The van der Waals surface area contributed by atoms with E-state index >= 15 is 0 Å². The Hall–Kier alpha value is -1.80. The van der Waals surface area contributed by atoms with Crippen molar-refractivity contribution in [2.45, 2.75) is 24.8 Å². The first-order chi connectivity index (χ1) is 9.72. The van der Waals surface area contributed by atoms with E-state index in [9.17, 15) is 19.7 Å². The molecule has 1 aromatic carbocycles. The second kappa shape index (κ2) is 7.28. The minimum atomic E-state index is -1.15. The summed E-state index contributed by atoms with van der Waals surface area (Å²) in [4.78, 5) is 32.7. The summed E-state index contributed by atoms with van der Waals surface area (Å²) < 4.78 is 0. The Morgan fingerprint density at radius 2 is 2.14 bits per heavy atom. The normalized spacial score (nSPS) is 11.8. The van der Waals surface area contributed by atoms with Gasteiger partial charge in [-0.1, -0.05) is 11.6 Å². The van der Waals surface area contributed by atoms with Gasteiger partial charge in [-0.25, -0.2) is 4.79 Å². The first kappa shape index (κ1) is 17.3. The summed E-state index contributed by atoms with van der Waals surface area (Å²) in [5, 5.41) is 22.0. The van der Waals surface area contributed by atoms with E-state index in [-0.39, 0.29) is 16.5 Å². The van der Waals surface area contributed by atoms with Crippen molar-refractivity contribution in [3.63, 3.8) is 0 Å². The molecule has 0 radical (unpaired) electrons. The predicted molar refractivity (Wildman–Crippen MR) is 78.8 cm³/mol. The van der Waals surface area contributed by atoms with E-state index in [1.54, 1.807) is 6.92 Å². The number of aliphatic carboxylic acids is 1. The van der Waals surface area contributed by atoms with Crippen LogP contribution in [0.3, 0.4) is 0 Å². The summed E-state index contributed by atoms with van der Waals surface area (Å²) in [5.41, 5.74) is 0.415. The second-order valence-corrected chi connectivity index (χ2v) is 5.70. The molecular weight excluding hydrogens is 320 g/mol. The summed E-state index contributed by atoms with van der Waals surface area (Å²) in [6, 6.07) is 1.71. The molecule has 1 atom stereocenters. The molecule has 0 aromatic heterocycles. The number of rotatable bonds is 6. The third-order valence-corrected chi connectivity index (χ3v) is 4.08. The van der Waals surface area contributed by atoms with Gasteiger partial charge >= 0.3 is 5.97 Å². The lowest BCUT2D eigenvalue weighted by atomic mass is 10.2. The van der Waals surface area contributed by atoms with E-state index in [2.05, 4.69) is 5.32 Å². The number of carbonyl (C=O) groups excluding carboxylic acids is 1. The maximum absolute atomic E-state index is 11.0. The first-order valence-electron chi connectivity index (χ1n) is 5.79. The van der Waals surface area contributed by atoms with Gasteiger partial charge < -0.3 is 10.4 Å². The zero-order chi connectivity index (χ0) is 16.2. The Kier molecular flexibility index (Phi) is 5.98. The van der Waals surface area contributed by atoms with Crippen molar-refractivity contribution in [1.29, 1.82) is 0 Å². The molecule has 1 rings (SSSR count). The highest BCUT2D eigenvalue weighted by Gasteiger charge is 2.20. The van der Waals surface area contributed by atoms with Crippen LogP contribution in [0.4, 0.5) is 5.69 Å². The van der Waals surface area contributed by atoms with E-state index in [4.69, 9.17) is 16.7 Å². The van der Waals surface area contributed by atoms with Crippen LogP contribution >= 0.6 is 23.4 Å². The molecular formula is C12H13ClN2O5S. The Morgan fingerprint density at radius 3 is 2.62 bits per heavy atom. The van der Waals surface area contributed by atoms with Crippen LogP contribution in [0.5, 0.6) is 0 Å². The van der Waals surface area contributed by atoms with Gasteiger partial charge in [0.15, 0.2) is 0 Å². The lowest BCUT2D eigenvalue weighted by Crippen LogP contribution is -2.41. The number of nitro benzene ring substituents is 1. The highest BCUT2D eigenvalue weighted by molar-refractivity contribution is 7.99. The molecule has 9 heteroatoms. The van der Waals surface area contributed by atoms with Crippen molar-refractivity contribution in [3.8, 4) is 0 Å². The topological polar surface area (TPSA) is 110 Å². The number of benzene rings is 1. The number of nitrogens with zero attached hydrogens (tertiary/aromatic N) is 1. The largest absolute Gasteiger partial charge is 0.480 e. The fourth-order valence-electron chi connectivity index (χ4n) is 1.54. The van der Waals surface area contributed by atoms with Crippen molar-refractivity contribution in [1.82, 2.24) is 5.32 Å². The number of carbonyl (C=O) groups is 2. The highest BCUT2D eigenvalue weighted by atomic mass is 35.5. The molecule has 1 unspecified atom stereocenters. The summed E-state index contributed by atoms with van der Waals surface area (Å²) >= 11 is 6.97. The number of nitrogens with one attached hydrogen (secondary N) is 1. The molecule has 2 N–H and O–H groups in total. The number of aryl methyl sites for hydroxylation is 1. The summed E-state index contributed by atoms with van der Waals surface area (Å²) in [6.45, 7) is 2.90. The van der Waals surface area contributed by atoms with E-state index < -0.39 is 22.8 Å². The smallest absolute Gasteiger partial charge is 0.327 e. The van der Waals surface area contributed by atoms with Gasteiger partial charge in [-0.05, 0) is 18.6 Å². The SMILES string of the molecule is CC(=O)NC(CSc1cc(Cl)c([N+](=O)[O-])cc1C)C(=O)O. The van der Waals surface area contributed by atoms with E-state index in [1.807, 2.05) is 0 Å². The lowest BCUT2D eigenvalue weighted by Gasteiger charge is -2.13. The van der Waals surface area contributed by atoms with Gasteiger partial charge in [-0.2, -0.15) is 0 Å². The van der Waals surface area contributed by atoms with Crippen molar-refractivity contribution in [2.24, 2.45) is 0 Å². The molecule has 0 aliphatic carbocycles. The average Bonchev–Trinajstić information content (AvgIpc) is 2.36. The number of carboxylic acids is 1. The monoisotopic (exact) mass is 332 g/mol. The summed E-state index contributed by atoms with van der Waals surface area (Å²) in [6.07, 6.45) is 0. The number of amides is 1. The molecule has 0 bridgehead atoms. The number of thioether (sulfide) groups is 1. The Bertz CT molecular complexity index is 593. The molecule has 0 fully saturated rings. The van der Waals surface area contributed by atoms with Crippen LogP contribution in [-0.2, 0) is 9.59 Å². The van der Waals surface area contributed by atoms with Crippen molar-refractivity contribution in [3.05, 3.63) is 32.8 Å². The van der Waals surface area contributed by atoms with Gasteiger partial charge in [-0.3, -0.25) is 14.9 Å². The minimum absolute atomic E-state index is 0.0143. The third kappa shape index (κ3) is 4.91. The van der Waals surface area contributed by atoms with Gasteiger partial charge in [0.05, 0.1) is 4.92 Å². The summed E-state index contributed by atoms with van der Waals surface area (Å²) in [5.74, 6) is -1.51.